The summed E-state index contributed by atoms with van der Waals surface area (Å²) in [6.07, 6.45) is -0.322. The van der Waals surface area contributed by atoms with Gasteiger partial charge in [0.15, 0.2) is 0 Å². The first kappa shape index (κ1) is 10.4. The quantitative estimate of drug-likeness (QED) is 0.432. The first-order valence-corrected chi connectivity index (χ1v) is 4.08. The molecule has 1 heterocycles. The van der Waals surface area contributed by atoms with E-state index in [1.165, 1.54) is 0 Å². The molecule has 0 unspecified atom stereocenters. The van der Waals surface area contributed by atoms with Gasteiger partial charge in [-0.1, -0.05) is 0 Å². The maximum atomic E-state index is 11.3. The molecule has 0 radical (unpaired) electrons. The van der Waals surface area contributed by atoms with Gasteiger partial charge in [0, 0.05) is 12.4 Å². The van der Waals surface area contributed by atoms with E-state index in [2.05, 4.69) is 22.4 Å². The van der Waals surface area contributed by atoms with Crippen molar-refractivity contribution in [1.29, 1.82) is 0 Å². The molecule has 0 aromatic carbocycles. The third-order valence-electron chi connectivity index (χ3n) is 1.54. The number of carbonyl (C=O) groups is 1. The summed E-state index contributed by atoms with van der Waals surface area (Å²) in [5.74, 6) is 4.00. The third-order valence-corrected chi connectivity index (χ3v) is 1.82. The highest BCUT2D eigenvalue weighted by atomic mass is 32.1. The average molecular weight is 215 g/mol. The Labute approximate surface area is 83.1 Å². The second kappa shape index (κ2) is 4.01. The Bertz CT molecular complexity index is 463. The first-order chi connectivity index (χ1) is 6.52. The van der Waals surface area contributed by atoms with Crippen molar-refractivity contribution in [3.63, 3.8) is 0 Å². The Kier molecular flexibility index (Phi) is 2.97. The lowest BCUT2D eigenvalue weighted by Gasteiger charge is -2.02. The SMILES string of the molecule is Nn1c(=S)[nH]nc(CCC(=O)[O-])c1=O. The van der Waals surface area contributed by atoms with Crippen molar-refractivity contribution < 1.29 is 9.90 Å². The molecule has 0 amide bonds. The number of aromatic amines is 1. The number of H-pyrrole nitrogens is 1. The Morgan fingerprint density at radius 1 is 1.71 bits per heavy atom. The van der Waals surface area contributed by atoms with Crippen LogP contribution in [0.1, 0.15) is 12.1 Å². The minimum absolute atomic E-state index is 0.0188. The molecule has 8 heteroatoms. The number of hydrogen-bond donors (Lipinski definition) is 2. The zero-order valence-corrected chi connectivity index (χ0v) is 7.84. The number of nitrogen functional groups attached to an aromatic ring is 1. The molecule has 1 aromatic rings. The highest BCUT2D eigenvalue weighted by molar-refractivity contribution is 7.71. The molecule has 0 aliphatic carbocycles. The van der Waals surface area contributed by atoms with E-state index in [-0.39, 0.29) is 23.3 Å². The van der Waals surface area contributed by atoms with Crippen LogP contribution in [0.25, 0.3) is 0 Å². The number of nitrogens with one attached hydrogen (secondary N) is 1. The highest BCUT2D eigenvalue weighted by Crippen LogP contribution is 1.89. The lowest BCUT2D eigenvalue weighted by Crippen LogP contribution is -2.33. The molecule has 7 nitrogen and oxygen atoms in total. The predicted molar refractivity (Wildman–Crippen MR) is 47.2 cm³/mol. The van der Waals surface area contributed by atoms with Crippen molar-refractivity contribution in [1.82, 2.24) is 14.9 Å². The number of nitrogens with two attached hydrogens (primary N) is 1. The summed E-state index contributed by atoms with van der Waals surface area (Å²) in [6.45, 7) is 0. The number of carboxylic acids is 1. The van der Waals surface area contributed by atoms with E-state index in [0.29, 0.717) is 4.68 Å². The number of aliphatic carboxylic acids is 1. The number of hydrogen-bond acceptors (Lipinski definition) is 6. The molecule has 0 aliphatic rings. The van der Waals surface area contributed by atoms with Crippen molar-refractivity contribution >= 4 is 18.2 Å². The Balaban J connectivity index is 3.01. The van der Waals surface area contributed by atoms with Crippen LogP contribution in [0, 0.1) is 4.77 Å². The Hall–Kier alpha value is -1.70. The van der Waals surface area contributed by atoms with Crippen LogP contribution in [0.4, 0.5) is 0 Å². The molecule has 1 aromatic heterocycles. The zero-order chi connectivity index (χ0) is 10.7. The van der Waals surface area contributed by atoms with Crippen molar-refractivity contribution in [2.75, 3.05) is 5.84 Å². The Morgan fingerprint density at radius 3 is 2.93 bits per heavy atom. The average Bonchev–Trinajstić information content (AvgIpc) is 2.13. The molecule has 14 heavy (non-hydrogen) atoms. The van der Waals surface area contributed by atoms with Gasteiger partial charge in [-0.05, 0) is 18.6 Å². The van der Waals surface area contributed by atoms with Crippen LogP contribution in [0.3, 0.4) is 0 Å². The highest BCUT2D eigenvalue weighted by Gasteiger charge is 2.04. The van der Waals surface area contributed by atoms with Gasteiger partial charge in [0.1, 0.15) is 5.69 Å². The second-order valence-electron chi connectivity index (χ2n) is 2.52. The lowest BCUT2D eigenvalue weighted by molar-refractivity contribution is -0.305. The van der Waals surface area contributed by atoms with Crippen molar-refractivity contribution in [3.05, 3.63) is 20.8 Å². The summed E-state index contributed by atoms with van der Waals surface area (Å²) in [5, 5.41) is 16.0. The van der Waals surface area contributed by atoms with E-state index in [1.807, 2.05) is 0 Å². The molecule has 0 aliphatic heterocycles. The fourth-order valence-corrected chi connectivity index (χ4v) is 0.960. The summed E-state index contributed by atoms with van der Waals surface area (Å²) in [6, 6.07) is 0. The van der Waals surface area contributed by atoms with Gasteiger partial charge in [-0.3, -0.25) is 9.89 Å². The summed E-state index contributed by atoms with van der Waals surface area (Å²) in [4.78, 5) is 21.4. The largest absolute Gasteiger partial charge is 0.550 e. The zero-order valence-electron chi connectivity index (χ0n) is 7.02. The molecular weight excluding hydrogens is 208 g/mol. The summed E-state index contributed by atoms with van der Waals surface area (Å²) < 4.78 is 0.680. The fourth-order valence-electron chi connectivity index (χ4n) is 0.832. The van der Waals surface area contributed by atoms with E-state index in [1.54, 1.807) is 0 Å². The number of rotatable bonds is 3. The molecule has 0 fully saturated rings. The van der Waals surface area contributed by atoms with Crippen LogP contribution in [-0.2, 0) is 11.2 Å². The normalized spacial score (nSPS) is 10.0. The van der Waals surface area contributed by atoms with Crippen molar-refractivity contribution in [2.45, 2.75) is 12.8 Å². The predicted octanol–water partition coefficient (Wildman–Crippen LogP) is -2.30. The summed E-state index contributed by atoms with van der Waals surface area (Å²) >= 11 is 4.63. The van der Waals surface area contributed by atoms with E-state index in [4.69, 9.17) is 5.84 Å². The van der Waals surface area contributed by atoms with Crippen molar-refractivity contribution in [3.8, 4) is 0 Å². The van der Waals surface area contributed by atoms with E-state index < -0.39 is 11.5 Å². The summed E-state index contributed by atoms with van der Waals surface area (Å²) in [5.41, 5.74) is -0.583. The van der Waals surface area contributed by atoms with Crippen LogP contribution >= 0.6 is 12.2 Å². The smallest absolute Gasteiger partial charge is 0.294 e. The van der Waals surface area contributed by atoms with Gasteiger partial charge in [0.25, 0.3) is 5.56 Å². The van der Waals surface area contributed by atoms with Gasteiger partial charge in [-0.2, -0.15) is 9.77 Å². The number of carboxylic acid groups (broad SMARTS) is 1. The minimum Gasteiger partial charge on any atom is -0.550 e. The van der Waals surface area contributed by atoms with Gasteiger partial charge in [-0.25, -0.2) is 0 Å². The number of aromatic nitrogens is 3. The third kappa shape index (κ3) is 2.16. The molecule has 0 atom stereocenters. The number of nitrogens with zero attached hydrogens (tertiary/aromatic N) is 2. The van der Waals surface area contributed by atoms with Gasteiger partial charge >= 0.3 is 0 Å². The van der Waals surface area contributed by atoms with E-state index >= 15 is 0 Å². The van der Waals surface area contributed by atoms with E-state index in [0.717, 1.165) is 0 Å². The van der Waals surface area contributed by atoms with Gasteiger partial charge in [-0.15, -0.1) is 0 Å². The number of aryl methyl sites for hydroxylation is 1. The van der Waals surface area contributed by atoms with Crippen LogP contribution in [0.5, 0.6) is 0 Å². The molecule has 0 saturated carbocycles. The van der Waals surface area contributed by atoms with Gasteiger partial charge in [0.2, 0.25) is 4.77 Å². The van der Waals surface area contributed by atoms with Crippen LogP contribution < -0.4 is 16.5 Å². The molecule has 0 saturated heterocycles. The molecule has 1 rings (SSSR count). The standard InChI is InChI=1S/C6H8N4O3S/c7-10-5(13)3(1-2-4(11)12)8-9-6(10)14/h1-2,7H2,(H,9,14)(H,11,12)/p-1. The molecule has 76 valence electrons. The van der Waals surface area contributed by atoms with E-state index in [9.17, 15) is 14.7 Å². The van der Waals surface area contributed by atoms with Gasteiger partial charge in [0.05, 0.1) is 0 Å². The summed E-state index contributed by atoms with van der Waals surface area (Å²) in [7, 11) is 0. The monoisotopic (exact) mass is 215 g/mol. The Morgan fingerprint density at radius 2 is 2.36 bits per heavy atom. The topological polar surface area (TPSA) is 117 Å². The lowest BCUT2D eigenvalue weighted by atomic mass is 10.2. The maximum Gasteiger partial charge on any atom is 0.294 e. The molecule has 3 N–H and O–H groups in total. The number of carbonyl (C=O) groups excluding carboxylic acids is 1. The van der Waals surface area contributed by atoms with Crippen LogP contribution in [0.2, 0.25) is 0 Å². The minimum atomic E-state index is -1.25. The molecule has 0 spiro atoms. The molecule has 0 bridgehead atoms. The van der Waals surface area contributed by atoms with Crippen LogP contribution in [-0.4, -0.2) is 20.8 Å². The van der Waals surface area contributed by atoms with Gasteiger partial charge < -0.3 is 15.7 Å². The van der Waals surface area contributed by atoms with Crippen molar-refractivity contribution in [2.24, 2.45) is 0 Å². The van der Waals surface area contributed by atoms with Crippen LogP contribution in [0.15, 0.2) is 4.79 Å². The maximum absolute atomic E-state index is 11.3. The molecular formula is C6H7N4O3S-. The first-order valence-electron chi connectivity index (χ1n) is 3.68. The fraction of sp³-hybridized carbons (Fsp3) is 0.333. The second-order valence-corrected chi connectivity index (χ2v) is 2.91.